The van der Waals surface area contributed by atoms with Crippen molar-refractivity contribution in [2.24, 2.45) is 0 Å². The zero-order valence-corrected chi connectivity index (χ0v) is 10.8. The third-order valence-corrected chi connectivity index (χ3v) is 2.20. The number of carbonyl (C=O) groups excluding carboxylic acids is 1. The molecule has 5 nitrogen and oxygen atoms in total. The lowest BCUT2D eigenvalue weighted by molar-refractivity contribution is -0.131. The van der Waals surface area contributed by atoms with E-state index in [1.807, 2.05) is 5.32 Å². The molecule has 8 heteroatoms. The Morgan fingerprint density at radius 1 is 1.29 bits per heavy atom. The quantitative estimate of drug-likeness (QED) is 0.701. The molecular formula is C13H13F3N2O3. The monoisotopic (exact) mass is 302 g/mol. The number of benzene rings is 1. The van der Waals surface area contributed by atoms with Crippen LogP contribution in [0.4, 0.5) is 18.9 Å². The Balaban J connectivity index is 2.53. The highest BCUT2D eigenvalue weighted by molar-refractivity contribution is 5.92. The number of halogens is 3. The number of hydrogen-bond acceptors (Lipinski definition) is 3. The smallest absolute Gasteiger partial charge is 0.401 e. The molecule has 0 aliphatic carbocycles. The Morgan fingerprint density at radius 3 is 2.62 bits per heavy atom. The second-order valence-electron chi connectivity index (χ2n) is 4.06. The van der Waals surface area contributed by atoms with Gasteiger partial charge in [-0.2, -0.15) is 13.2 Å². The van der Waals surface area contributed by atoms with Gasteiger partial charge in [0.2, 0.25) is 5.91 Å². The van der Waals surface area contributed by atoms with Crippen molar-refractivity contribution < 1.29 is 27.9 Å². The van der Waals surface area contributed by atoms with Gasteiger partial charge in [-0.3, -0.25) is 4.79 Å². The SMILES string of the molecule is O=C(O)/C=C/c1cccc(NC(=O)CNCC(F)(F)F)c1. The maximum Gasteiger partial charge on any atom is 0.401 e. The highest BCUT2D eigenvalue weighted by Crippen LogP contribution is 2.13. The molecule has 0 radical (unpaired) electrons. The van der Waals surface area contributed by atoms with Gasteiger partial charge in [-0.1, -0.05) is 12.1 Å². The summed E-state index contributed by atoms with van der Waals surface area (Å²) in [5.74, 6) is -1.74. The first-order valence-corrected chi connectivity index (χ1v) is 5.85. The molecule has 1 amide bonds. The van der Waals surface area contributed by atoms with Crippen molar-refractivity contribution in [3.8, 4) is 0 Å². The summed E-state index contributed by atoms with van der Waals surface area (Å²) >= 11 is 0. The molecule has 0 bridgehead atoms. The Kier molecular flexibility index (Phi) is 5.92. The fourth-order valence-electron chi connectivity index (χ4n) is 1.41. The number of hydrogen-bond donors (Lipinski definition) is 3. The van der Waals surface area contributed by atoms with Crippen molar-refractivity contribution in [1.29, 1.82) is 0 Å². The second-order valence-corrected chi connectivity index (χ2v) is 4.06. The Bertz CT molecular complexity index is 542. The molecule has 0 aliphatic rings. The second kappa shape index (κ2) is 7.44. The van der Waals surface area contributed by atoms with Crippen molar-refractivity contribution in [2.45, 2.75) is 6.18 Å². The number of amides is 1. The molecular weight excluding hydrogens is 289 g/mol. The third-order valence-electron chi connectivity index (χ3n) is 2.20. The van der Waals surface area contributed by atoms with Crippen LogP contribution in [-0.4, -0.2) is 36.2 Å². The summed E-state index contributed by atoms with van der Waals surface area (Å²) in [5.41, 5.74) is 0.903. The minimum atomic E-state index is -4.37. The van der Waals surface area contributed by atoms with Crippen molar-refractivity contribution in [3.63, 3.8) is 0 Å². The van der Waals surface area contributed by atoms with Crippen LogP contribution in [0.25, 0.3) is 6.08 Å². The molecule has 0 heterocycles. The highest BCUT2D eigenvalue weighted by atomic mass is 19.4. The third kappa shape index (κ3) is 7.73. The molecule has 114 valence electrons. The average Bonchev–Trinajstić information content (AvgIpc) is 2.35. The number of carbonyl (C=O) groups is 2. The van der Waals surface area contributed by atoms with Crippen LogP contribution in [0.5, 0.6) is 0 Å². The maximum absolute atomic E-state index is 11.9. The fraction of sp³-hybridized carbons (Fsp3) is 0.231. The van der Waals surface area contributed by atoms with Crippen molar-refractivity contribution in [3.05, 3.63) is 35.9 Å². The molecule has 0 saturated carbocycles. The van der Waals surface area contributed by atoms with Gasteiger partial charge < -0.3 is 15.7 Å². The van der Waals surface area contributed by atoms with Crippen LogP contribution in [0, 0.1) is 0 Å². The van der Waals surface area contributed by atoms with E-state index in [0.717, 1.165) is 6.08 Å². The lowest BCUT2D eigenvalue weighted by Gasteiger charge is -2.09. The molecule has 0 fully saturated rings. The first-order valence-electron chi connectivity index (χ1n) is 5.85. The number of anilines is 1. The normalized spacial score (nSPS) is 11.6. The fourth-order valence-corrected chi connectivity index (χ4v) is 1.41. The zero-order chi connectivity index (χ0) is 15.9. The Labute approximate surface area is 118 Å². The van der Waals surface area contributed by atoms with E-state index in [2.05, 4.69) is 5.32 Å². The molecule has 0 unspecified atom stereocenters. The minimum absolute atomic E-state index is 0.362. The average molecular weight is 302 g/mol. The van der Waals surface area contributed by atoms with Gasteiger partial charge in [0.15, 0.2) is 0 Å². The summed E-state index contributed by atoms with van der Waals surface area (Å²) in [5, 5.41) is 12.9. The van der Waals surface area contributed by atoms with Crippen LogP contribution < -0.4 is 10.6 Å². The van der Waals surface area contributed by atoms with Crippen LogP contribution in [0.2, 0.25) is 0 Å². The summed E-state index contributed by atoms with van der Waals surface area (Å²) in [6.07, 6.45) is -2.10. The van der Waals surface area contributed by atoms with Crippen LogP contribution in [0.1, 0.15) is 5.56 Å². The topological polar surface area (TPSA) is 78.4 Å². The largest absolute Gasteiger partial charge is 0.478 e. The van der Waals surface area contributed by atoms with Crippen molar-refractivity contribution in [2.75, 3.05) is 18.4 Å². The van der Waals surface area contributed by atoms with Crippen molar-refractivity contribution in [1.82, 2.24) is 5.32 Å². The highest BCUT2D eigenvalue weighted by Gasteiger charge is 2.26. The number of nitrogens with one attached hydrogen (secondary N) is 2. The summed E-state index contributed by atoms with van der Waals surface area (Å²) < 4.78 is 35.7. The predicted molar refractivity (Wildman–Crippen MR) is 70.7 cm³/mol. The van der Waals surface area contributed by atoms with E-state index in [9.17, 15) is 22.8 Å². The van der Waals surface area contributed by atoms with Gasteiger partial charge in [-0.05, 0) is 23.8 Å². The maximum atomic E-state index is 11.9. The van der Waals surface area contributed by atoms with Gasteiger partial charge in [-0.25, -0.2) is 4.79 Å². The van der Waals surface area contributed by atoms with Crippen LogP contribution in [0.15, 0.2) is 30.3 Å². The van der Waals surface area contributed by atoms with Gasteiger partial charge >= 0.3 is 12.1 Å². The molecule has 0 saturated heterocycles. The summed E-state index contributed by atoms with van der Waals surface area (Å²) in [4.78, 5) is 21.8. The molecule has 21 heavy (non-hydrogen) atoms. The molecule has 1 aromatic rings. The van der Waals surface area contributed by atoms with E-state index >= 15 is 0 Å². The van der Waals surface area contributed by atoms with Gasteiger partial charge in [0.05, 0.1) is 13.1 Å². The molecule has 0 aromatic heterocycles. The van der Waals surface area contributed by atoms with Crippen molar-refractivity contribution >= 4 is 23.6 Å². The predicted octanol–water partition coefficient (Wildman–Crippen LogP) is 1.87. The molecule has 0 aliphatic heterocycles. The van der Waals surface area contributed by atoms with E-state index < -0.39 is 31.1 Å². The van der Waals surface area contributed by atoms with Crippen LogP contribution >= 0.6 is 0 Å². The molecule has 1 rings (SSSR count). The number of carboxylic acid groups (broad SMARTS) is 1. The van der Waals surface area contributed by atoms with Gasteiger partial charge in [0, 0.05) is 11.8 Å². The number of aliphatic carboxylic acids is 1. The first kappa shape index (κ1) is 16.7. The Morgan fingerprint density at radius 2 is 2.00 bits per heavy atom. The molecule has 1 aromatic carbocycles. The number of carboxylic acids is 1. The van der Waals surface area contributed by atoms with E-state index in [4.69, 9.17) is 5.11 Å². The summed E-state index contributed by atoms with van der Waals surface area (Å²) in [7, 11) is 0. The van der Waals surface area contributed by atoms with Crippen LogP contribution in [0.3, 0.4) is 0 Å². The Hall–Kier alpha value is -2.35. The standard InChI is InChI=1S/C13H13F3N2O3/c14-13(15,16)8-17-7-11(19)18-10-3-1-2-9(6-10)4-5-12(20)21/h1-6,17H,7-8H2,(H,18,19)(H,20,21)/b5-4+. The van der Waals surface area contributed by atoms with Gasteiger partial charge in [0.1, 0.15) is 0 Å². The van der Waals surface area contributed by atoms with E-state index in [-0.39, 0.29) is 0 Å². The minimum Gasteiger partial charge on any atom is -0.478 e. The number of alkyl halides is 3. The molecule has 0 spiro atoms. The lowest BCUT2D eigenvalue weighted by Crippen LogP contribution is -2.35. The van der Waals surface area contributed by atoms with E-state index in [1.54, 1.807) is 18.2 Å². The van der Waals surface area contributed by atoms with Gasteiger partial charge in [-0.15, -0.1) is 0 Å². The zero-order valence-electron chi connectivity index (χ0n) is 10.8. The van der Waals surface area contributed by atoms with Gasteiger partial charge in [0.25, 0.3) is 0 Å². The molecule has 3 N–H and O–H groups in total. The van der Waals surface area contributed by atoms with E-state index in [1.165, 1.54) is 12.1 Å². The molecule has 0 atom stereocenters. The summed E-state index contributed by atoms with van der Waals surface area (Å²) in [6.45, 7) is -1.73. The first-order chi connectivity index (χ1) is 9.76. The van der Waals surface area contributed by atoms with Crippen LogP contribution in [-0.2, 0) is 9.59 Å². The van der Waals surface area contributed by atoms with E-state index in [0.29, 0.717) is 11.3 Å². The lowest BCUT2D eigenvalue weighted by atomic mass is 10.2. The number of rotatable bonds is 6. The summed E-state index contributed by atoms with van der Waals surface area (Å²) in [6, 6.07) is 6.25.